The highest BCUT2D eigenvalue weighted by molar-refractivity contribution is 6.05. The van der Waals surface area contributed by atoms with Crippen molar-refractivity contribution in [1.29, 1.82) is 0 Å². The fourth-order valence-corrected chi connectivity index (χ4v) is 3.10. The molecule has 0 aromatic heterocycles. The van der Waals surface area contributed by atoms with Gasteiger partial charge in [0.15, 0.2) is 0 Å². The van der Waals surface area contributed by atoms with Crippen molar-refractivity contribution in [2.45, 2.75) is 19.3 Å². The molecule has 0 saturated heterocycles. The van der Waals surface area contributed by atoms with Crippen molar-refractivity contribution in [3.63, 3.8) is 0 Å². The van der Waals surface area contributed by atoms with E-state index in [4.69, 9.17) is 4.74 Å². The monoisotopic (exact) mass is 406 g/mol. The molecule has 154 valence electrons. The van der Waals surface area contributed by atoms with Crippen molar-refractivity contribution < 1.29 is 18.7 Å². The van der Waals surface area contributed by atoms with E-state index in [1.54, 1.807) is 18.2 Å². The summed E-state index contributed by atoms with van der Waals surface area (Å²) in [5.74, 6) is -0.622. The molecule has 6 heteroatoms. The fourth-order valence-electron chi connectivity index (χ4n) is 3.10. The SMILES string of the molecule is COc1ccc(NC(=O)C[C@@H](C)c2ccccc2)cc1NC(=O)c1cccc(F)c1. The normalized spacial score (nSPS) is 11.4. The van der Waals surface area contributed by atoms with Crippen LogP contribution in [0.15, 0.2) is 72.8 Å². The molecule has 0 unspecified atom stereocenters. The Labute approximate surface area is 174 Å². The van der Waals surface area contributed by atoms with Crippen LogP contribution in [0, 0.1) is 5.82 Å². The zero-order valence-electron chi connectivity index (χ0n) is 16.8. The van der Waals surface area contributed by atoms with Crippen LogP contribution in [0.25, 0.3) is 0 Å². The number of ether oxygens (including phenoxy) is 1. The van der Waals surface area contributed by atoms with Gasteiger partial charge in [-0.2, -0.15) is 0 Å². The lowest BCUT2D eigenvalue weighted by Crippen LogP contribution is -2.16. The highest BCUT2D eigenvalue weighted by Crippen LogP contribution is 2.29. The van der Waals surface area contributed by atoms with E-state index in [-0.39, 0.29) is 17.4 Å². The Morgan fingerprint density at radius 1 is 0.967 bits per heavy atom. The molecule has 0 bridgehead atoms. The van der Waals surface area contributed by atoms with Crippen molar-refractivity contribution in [3.05, 3.63) is 89.7 Å². The first-order valence-electron chi connectivity index (χ1n) is 9.56. The number of anilines is 2. The summed E-state index contributed by atoms with van der Waals surface area (Å²) >= 11 is 0. The van der Waals surface area contributed by atoms with Crippen LogP contribution < -0.4 is 15.4 Å². The van der Waals surface area contributed by atoms with Gasteiger partial charge in [0.2, 0.25) is 5.91 Å². The number of halogens is 1. The summed E-state index contributed by atoms with van der Waals surface area (Å²) in [5.41, 5.74) is 2.17. The van der Waals surface area contributed by atoms with Crippen LogP contribution in [0.4, 0.5) is 15.8 Å². The maximum absolute atomic E-state index is 13.4. The van der Waals surface area contributed by atoms with Gasteiger partial charge in [-0.05, 0) is 47.9 Å². The second-order valence-electron chi connectivity index (χ2n) is 6.94. The van der Waals surface area contributed by atoms with E-state index in [0.717, 1.165) is 11.6 Å². The van der Waals surface area contributed by atoms with Gasteiger partial charge in [-0.15, -0.1) is 0 Å². The third kappa shape index (κ3) is 5.44. The molecule has 0 fully saturated rings. The standard InChI is InChI=1S/C24H23FN2O3/c1-16(17-7-4-3-5-8-17)13-23(28)26-20-11-12-22(30-2)21(15-20)27-24(29)18-9-6-10-19(25)14-18/h3-12,14-16H,13H2,1-2H3,(H,26,28)(H,27,29)/t16-/m1/s1. The smallest absolute Gasteiger partial charge is 0.255 e. The van der Waals surface area contributed by atoms with Crippen molar-refractivity contribution in [3.8, 4) is 5.75 Å². The summed E-state index contributed by atoms with van der Waals surface area (Å²) in [6, 6.07) is 20.2. The van der Waals surface area contributed by atoms with Crippen molar-refractivity contribution >= 4 is 23.2 Å². The van der Waals surface area contributed by atoms with E-state index in [0.29, 0.717) is 23.5 Å². The molecule has 3 rings (SSSR count). The lowest BCUT2D eigenvalue weighted by molar-refractivity contribution is -0.116. The Morgan fingerprint density at radius 2 is 1.73 bits per heavy atom. The molecule has 30 heavy (non-hydrogen) atoms. The number of nitrogens with one attached hydrogen (secondary N) is 2. The maximum atomic E-state index is 13.4. The van der Waals surface area contributed by atoms with Gasteiger partial charge in [-0.1, -0.05) is 43.3 Å². The predicted molar refractivity (Wildman–Crippen MR) is 115 cm³/mol. The van der Waals surface area contributed by atoms with Gasteiger partial charge in [0.25, 0.3) is 5.91 Å². The lowest BCUT2D eigenvalue weighted by atomic mass is 9.97. The maximum Gasteiger partial charge on any atom is 0.255 e. The van der Waals surface area contributed by atoms with Gasteiger partial charge in [0, 0.05) is 17.7 Å². The lowest BCUT2D eigenvalue weighted by Gasteiger charge is -2.15. The number of carbonyl (C=O) groups excluding carboxylic acids is 2. The number of carbonyl (C=O) groups is 2. The van der Waals surface area contributed by atoms with Crippen LogP contribution in [0.1, 0.15) is 35.2 Å². The van der Waals surface area contributed by atoms with Gasteiger partial charge in [-0.25, -0.2) is 4.39 Å². The molecule has 0 spiro atoms. The Hall–Kier alpha value is -3.67. The van der Waals surface area contributed by atoms with Gasteiger partial charge >= 0.3 is 0 Å². The zero-order chi connectivity index (χ0) is 21.5. The first-order chi connectivity index (χ1) is 14.5. The Morgan fingerprint density at radius 3 is 2.43 bits per heavy atom. The molecule has 1 atom stereocenters. The second kappa shape index (κ2) is 9.69. The third-order valence-corrected chi connectivity index (χ3v) is 4.68. The highest BCUT2D eigenvalue weighted by Gasteiger charge is 2.14. The van der Waals surface area contributed by atoms with Gasteiger partial charge in [-0.3, -0.25) is 9.59 Å². The van der Waals surface area contributed by atoms with Gasteiger partial charge in [0.05, 0.1) is 12.8 Å². The van der Waals surface area contributed by atoms with Crippen LogP contribution in [-0.2, 0) is 4.79 Å². The molecule has 0 saturated carbocycles. The van der Waals surface area contributed by atoms with Crippen LogP contribution in [0.2, 0.25) is 0 Å². The van der Waals surface area contributed by atoms with Crippen molar-refractivity contribution in [1.82, 2.24) is 0 Å². The van der Waals surface area contributed by atoms with Gasteiger partial charge < -0.3 is 15.4 Å². The van der Waals surface area contributed by atoms with Crippen molar-refractivity contribution in [2.75, 3.05) is 17.7 Å². The molecule has 0 aliphatic heterocycles. The topological polar surface area (TPSA) is 67.4 Å². The molecule has 2 amide bonds. The fraction of sp³-hybridized carbons (Fsp3) is 0.167. The number of rotatable bonds is 7. The van der Waals surface area contributed by atoms with Crippen LogP contribution >= 0.6 is 0 Å². The summed E-state index contributed by atoms with van der Waals surface area (Å²) < 4.78 is 18.7. The van der Waals surface area contributed by atoms with E-state index in [1.165, 1.54) is 25.3 Å². The molecule has 2 N–H and O–H groups in total. The number of hydrogen-bond acceptors (Lipinski definition) is 3. The van der Waals surface area contributed by atoms with E-state index in [2.05, 4.69) is 10.6 Å². The summed E-state index contributed by atoms with van der Waals surface area (Å²) in [5, 5.41) is 5.55. The first-order valence-corrected chi connectivity index (χ1v) is 9.56. The molecule has 0 heterocycles. The zero-order valence-corrected chi connectivity index (χ0v) is 16.8. The number of methoxy groups -OCH3 is 1. The quantitative estimate of drug-likeness (QED) is 0.565. The minimum atomic E-state index is -0.497. The van der Waals surface area contributed by atoms with Gasteiger partial charge in [0.1, 0.15) is 11.6 Å². The minimum absolute atomic E-state index is 0.0663. The summed E-state index contributed by atoms with van der Waals surface area (Å²) in [4.78, 5) is 24.9. The van der Waals surface area contributed by atoms with E-state index >= 15 is 0 Å². The second-order valence-corrected chi connectivity index (χ2v) is 6.94. The van der Waals surface area contributed by atoms with E-state index in [9.17, 15) is 14.0 Å². The van der Waals surface area contributed by atoms with Crippen LogP contribution in [0.3, 0.4) is 0 Å². The minimum Gasteiger partial charge on any atom is -0.495 e. The molecular formula is C24H23FN2O3. The van der Waals surface area contributed by atoms with E-state index < -0.39 is 11.7 Å². The number of amides is 2. The van der Waals surface area contributed by atoms with Crippen LogP contribution in [-0.4, -0.2) is 18.9 Å². The van der Waals surface area contributed by atoms with E-state index in [1.807, 2.05) is 37.3 Å². The average Bonchev–Trinajstić information content (AvgIpc) is 2.74. The highest BCUT2D eigenvalue weighted by atomic mass is 19.1. The molecule has 0 aliphatic rings. The van der Waals surface area contributed by atoms with Crippen molar-refractivity contribution in [2.24, 2.45) is 0 Å². The first kappa shape index (κ1) is 21.0. The molecule has 3 aromatic rings. The summed E-state index contributed by atoms with van der Waals surface area (Å²) in [6.07, 6.45) is 0.320. The molecular weight excluding hydrogens is 383 g/mol. The Bertz CT molecular complexity index is 1040. The predicted octanol–water partition coefficient (Wildman–Crippen LogP) is 5.22. The Kier molecular flexibility index (Phi) is 6.80. The third-order valence-electron chi connectivity index (χ3n) is 4.68. The molecule has 5 nitrogen and oxygen atoms in total. The summed E-state index contributed by atoms with van der Waals surface area (Å²) in [7, 11) is 1.48. The largest absolute Gasteiger partial charge is 0.495 e. The number of hydrogen-bond donors (Lipinski definition) is 2. The molecule has 0 aliphatic carbocycles. The van der Waals surface area contributed by atoms with Crippen LogP contribution in [0.5, 0.6) is 5.75 Å². The molecule has 3 aromatic carbocycles. The Balaban J connectivity index is 1.70. The number of benzene rings is 3. The molecule has 0 radical (unpaired) electrons. The average molecular weight is 406 g/mol. The summed E-state index contributed by atoms with van der Waals surface area (Å²) in [6.45, 7) is 1.99.